The monoisotopic (exact) mass is 494 g/mol. The van der Waals surface area contributed by atoms with Gasteiger partial charge in [-0.05, 0) is 57.6 Å². The zero-order valence-corrected chi connectivity index (χ0v) is 20.1. The van der Waals surface area contributed by atoms with Crippen LogP contribution in [0.25, 0.3) is 28.1 Å². The predicted molar refractivity (Wildman–Crippen MR) is 126 cm³/mol. The molecule has 35 heavy (non-hydrogen) atoms. The van der Waals surface area contributed by atoms with Crippen LogP contribution in [0.4, 0.5) is 0 Å². The summed E-state index contributed by atoms with van der Waals surface area (Å²) in [5, 5.41) is 14.3. The van der Waals surface area contributed by atoms with Gasteiger partial charge < -0.3 is 14.0 Å². The van der Waals surface area contributed by atoms with Gasteiger partial charge in [-0.15, -0.1) is 0 Å². The van der Waals surface area contributed by atoms with Gasteiger partial charge in [-0.3, -0.25) is 13.8 Å². The quantitative estimate of drug-likeness (QED) is 0.415. The standard InChI is InChI=1S/C24H23ClN6O4/c1-23(8-5-11-34-23)31-18-14(12-26)15(25)6-7-16(18)30-13-27-17(19(30)21(31)32)20-28-22(35-29-20)24(33-2)9-3-4-10-24/h6-7,13H,3-5,8-11H2,1-2H3. The smallest absolute Gasteiger partial charge is 0.280 e. The van der Waals surface area contributed by atoms with E-state index in [-0.39, 0.29) is 27.5 Å². The molecule has 4 aromatic rings. The number of aromatic nitrogens is 5. The molecule has 4 heterocycles. The van der Waals surface area contributed by atoms with Gasteiger partial charge in [0.15, 0.2) is 0 Å². The number of ether oxygens (including phenoxy) is 2. The maximum atomic E-state index is 14.1. The van der Waals surface area contributed by atoms with Crippen LogP contribution in [0, 0.1) is 11.3 Å². The molecule has 1 saturated carbocycles. The van der Waals surface area contributed by atoms with Crippen molar-refractivity contribution in [1.29, 1.82) is 5.26 Å². The Kier molecular flexibility index (Phi) is 5.00. The van der Waals surface area contributed by atoms with Crippen molar-refractivity contribution in [1.82, 2.24) is 24.1 Å². The molecule has 0 bridgehead atoms. The fraction of sp³-hybridized carbons (Fsp3) is 0.458. The number of rotatable bonds is 4. The summed E-state index contributed by atoms with van der Waals surface area (Å²) in [6.07, 6.45) is 6.54. The molecule has 0 radical (unpaired) electrons. The van der Waals surface area contributed by atoms with E-state index in [9.17, 15) is 10.1 Å². The molecular formula is C24H23ClN6O4. The summed E-state index contributed by atoms with van der Waals surface area (Å²) in [7, 11) is 1.65. The first kappa shape index (κ1) is 22.2. The first-order chi connectivity index (χ1) is 16.9. The minimum absolute atomic E-state index is 0.209. The van der Waals surface area contributed by atoms with Crippen LogP contribution in [0.2, 0.25) is 5.02 Å². The fourth-order valence-electron chi connectivity index (χ4n) is 5.54. The van der Waals surface area contributed by atoms with Crippen molar-refractivity contribution in [2.24, 2.45) is 0 Å². The average molecular weight is 495 g/mol. The molecule has 1 atom stereocenters. The van der Waals surface area contributed by atoms with Gasteiger partial charge in [-0.2, -0.15) is 10.2 Å². The second-order valence-electron chi connectivity index (χ2n) is 9.31. The molecule has 1 saturated heterocycles. The van der Waals surface area contributed by atoms with E-state index in [1.807, 2.05) is 6.92 Å². The number of fused-ring (bicyclic) bond motifs is 3. The molecule has 6 rings (SSSR count). The Morgan fingerprint density at radius 1 is 1.20 bits per heavy atom. The predicted octanol–water partition coefficient (Wildman–Crippen LogP) is 4.12. The lowest BCUT2D eigenvalue weighted by Gasteiger charge is -2.28. The number of hydrogen-bond acceptors (Lipinski definition) is 8. The van der Waals surface area contributed by atoms with Crippen LogP contribution in [0.1, 0.15) is 56.9 Å². The van der Waals surface area contributed by atoms with Gasteiger partial charge in [0.05, 0.1) is 21.6 Å². The highest BCUT2D eigenvalue weighted by molar-refractivity contribution is 6.32. The Morgan fingerprint density at radius 3 is 2.69 bits per heavy atom. The summed E-state index contributed by atoms with van der Waals surface area (Å²) in [6.45, 7) is 2.36. The molecule has 0 N–H and O–H groups in total. The van der Waals surface area contributed by atoms with E-state index in [0.29, 0.717) is 35.6 Å². The van der Waals surface area contributed by atoms with E-state index in [1.165, 1.54) is 10.9 Å². The van der Waals surface area contributed by atoms with Gasteiger partial charge in [0.1, 0.15) is 34.9 Å². The minimum Gasteiger partial charge on any atom is -0.368 e. The van der Waals surface area contributed by atoms with E-state index >= 15 is 0 Å². The molecular weight excluding hydrogens is 472 g/mol. The third-order valence-electron chi connectivity index (χ3n) is 7.37. The first-order valence-corrected chi connectivity index (χ1v) is 12.0. The highest BCUT2D eigenvalue weighted by Gasteiger charge is 2.42. The fourth-order valence-corrected chi connectivity index (χ4v) is 5.73. The van der Waals surface area contributed by atoms with Crippen molar-refractivity contribution in [2.75, 3.05) is 13.7 Å². The van der Waals surface area contributed by atoms with Crippen LogP contribution in [0.5, 0.6) is 0 Å². The van der Waals surface area contributed by atoms with Crippen LogP contribution in [-0.4, -0.2) is 37.8 Å². The highest BCUT2D eigenvalue weighted by atomic mass is 35.5. The normalized spacial score (nSPS) is 21.8. The third-order valence-corrected chi connectivity index (χ3v) is 7.69. The summed E-state index contributed by atoms with van der Waals surface area (Å²) in [5.41, 5.74) is -0.154. The van der Waals surface area contributed by atoms with Crippen LogP contribution in [-0.2, 0) is 20.8 Å². The number of hydrogen-bond donors (Lipinski definition) is 0. The summed E-state index contributed by atoms with van der Waals surface area (Å²) in [5.74, 6) is 0.597. The zero-order chi connectivity index (χ0) is 24.4. The number of methoxy groups -OCH3 is 1. The molecule has 3 aromatic heterocycles. The molecule has 1 unspecified atom stereocenters. The van der Waals surface area contributed by atoms with E-state index in [0.717, 1.165) is 32.1 Å². The van der Waals surface area contributed by atoms with Crippen molar-refractivity contribution >= 4 is 28.2 Å². The number of nitriles is 1. The average Bonchev–Trinajstić information content (AvgIpc) is 3.65. The molecule has 10 nitrogen and oxygen atoms in total. The Hall–Kier alpha value is -3.26. The topological polar surface area (TPSA) is 120 Å². The van der Waals surface area contributed by atoms with Gasteiger partial charge in [0, 0.05) is 13.7 Å². The van der Waals surface area contributed by atoms with Crippen molar-refractivity contribution < 1.29 is 14.0 Å². The molecule has 0 spiro atoms. The molecule has 180 valence electrons. The number of halogens is 1. The Balaban J connectivity index is 1.65. The maximum absolute atomic E-state index is 14.1. The second-order valence-corrected chi connectivity index (χ2v) is 9.72. The lowest BCUT2D eigenvalue weighted by atomic mass is 10.0. The van der Waals surface area contributed by atoms with Gasteiger partial charge in [0.25, 0.3) is 11.4 Å². The first-order valence-electron chi connectivity index (χ1n) is 11.6. The summed E-state index contributed by atoms with van der Waals surface area (Å²) >= 11 is 6.38. The third kappa shape index (κ3) is 3.08. The maximum Gasteiger partial charge on any atom is 0.280 e. The van der Waals surface area contributed by atoms with Gasteiger partial charge in [-0.25, -0.2) is 4.98 Å². The van der Waals surface area contributed by atoms with E-state index in [2.05, 4.69) is 21.2 Å². The van der Waals surface area contributed by atoms with E-state index in [1.54, 1.807) is 23.6 Å². The van der Waals surface area contributed by atoms with Crippen molar-refractivity contribution in [2.45, 2.75) is 56.8 Å². The Bertz CT molecular complexity index is 1570. The van der Waals surface area contributed by atoms with Gasteiger partial charge in [0.2, 0.25) is 5.82 Å². The highest BCUT2D eigenvalue weighted by Crippen LogP contribution is 2.41. The minimum atomic E-state index is -0.943. The van der Waals surface area contributed by atoms with Crippen LogP contribution in [0.3, 0.4) is 0 Å². The molecule has 1 aliphatic heterocycles. The molecule has 1 aliphatic carbocycles. The van der Waals surface area contributed by atoms with Crippen LogP contribution >= 0.6 is 11.6 Å². The molecule has 0 amide bonds. The van der Waals surface area contributed by atoms with Crippen molar-refractivity contribution in [3.63, 3.8) is 0 Å². The molecule has 11 heteroatoms. The van der Waals surface area contributed by atoms with Gasteiger partial charge in [-0.1, -0.05) is 16.8 Å². The van der Waals surface area contributed by atoms with Crippen molar-refractivity contribution in [3.05, 3.63) is 45.3 Å². The van der Waals surface area contributed by atoms with Crippen LogP contribution in [0.15, 0.2) is 27.8 Å². The number of benzene rings is 1. The van der Waals surface area contributed by atoms with Crippen LogP contribution < -0.4 is 5.56 Å². The lowest BCUT2D eigenvalue weighted by molar-refractivity contribution is -0.0448. The largest absolute Gasteiger partial charge is 0.368 e. The molecule has 1 aromatic carbocycles. The molecule has 2 fully saturated rings. The van der Waals surface area contributed by atoms with Gasteiger partial charge >= 0.3 is 0 Å². The zero-order valence-electron chi connectivity index (χ0n) is 19.4. The number of imidazole rings is 1. The van der Waals surface area contributed by atoms with E-state index in [4.69, 9.17) is 25.6 Å². The Morgan fingerprint density at radius 2 is 2.00 bits per heavy atom. The summed E-state index contributed by atoms with van der Waals surface area (Å²) < 4.78 is 20.6. The lowest BCUT2D eigenvalue weighted by Crippen LogP contribution is -2.39. The SMILES string of the molecule is COC1(c2nc(-c3ncn4c3c(=O)n(C3(C)CCCO3)c3c(C#N)c(Cl)ccc34)no2)CCCC1. The summed E-state index contributed by atoms with van der Waals surface area (Å²) in [4.78, 5) is 23.2. The summed E-state index contributed by atoms with van der Waals surface area (Å²) in [6, 6.07) is 5.57. The number of nitrogens with zero attached hydrogens (tertiary/aromatic N) is 6. The second kappa shape index (κ2) is 7.88. The molecule has 2 aliphatic rings. The Labute approximate surface area is 205 Å². The van der Waals surface area contributed by atoms with E-state index < -0.39 is 11.3 Å². The van der Waals surface area contributed by atoms with Crippen molar-refractivity contribution in [3.8, 4) is 17.6 Å².